The first-order chi connectivity index (χ1) is 16.7. The van der Waals surface area contributed by atoms with E-state index in [0.29, 0.717) is 35.5 Å². The van der Waals surface area contributed by atoms with Crippen LogP contribution in [0.2, 0.25) is 0 Å². The van der Waals surface area contributed by atoms with Gasteiger partial charge < -0.3 is 18.4 Å². The van der Waals surface area contributed by atoms with Crippen LogP contribution in [0.1, 0.15) is 36.8 Å². The predicted octanol–water partition coefficient (Wildman–Crippen LogP) is 5.55. The number of amides is 1. The maximum atomic E-state index is 13.5. The first kappa shape index (κ1) is 26.1. The highest BCUT2D eigenvalue weighted by Crippen LogP contribution is 2.46. The molecule has 0 saturated heterocycles. The first-order valence-electron chi connectivity index (χ1n) is 10.9. The van der Waals surface area contributed by atoms with Crippen LogP contribution < -0.4 is 8.92 Å². The van der Waals surface area contributed by atoms with E-state index in [0.717, 1.165) is 10.4 Å². The third-order valence-electron chi connectivity index (χ3n) is 6.15. The van der Waals surface area contributed by atoms with Crippen LogP contribution in [-0.4, -0.2) is 49.0 Å². The molecule has 0 N–H and O–H groups in total. The molecule has 36 heavy (non-hydrogen) atoms. The number of hydrogen-bond acceptors (Lipinski definition) is 6. The van der Waals surface area contributed by atoms with Crippen LogP contribution in [0.25, 0.3) is 21.7 Å². The lowest BCUT2D eigenvalue weighted by Gasteiger charge is -2.32. The molecule has 3 aromatic rings. The van der Waals surface area contributed by atoms with Gasteiger partial charge in [0.15, 0.2) is 11.5 Å². The van der Waals surface area contributed by atoms with Crippen molar-refractivity contribution in [3.05, 3.63) is 47.0 Å². The smallest absolute Gasteiger partial charge is 0.493 e. The molecule has 2 aromatic heterocycles. The Morgan fingerprint density at radius 1 is 1.11 bits per heavy atom. The molecule has 0 radical (unpaired) electrons. The van der Waals surface area contributed by atoms with E-state index in [1.54, 1.807) is 18.0 Å². The second kappa shape index (κ2) is 8.84. The van der Waals surface area contributed by atoms with E-state index >= 15 is 0 Å². The number of nitrogens with zero attached hydrogens (tertiary/aromatic N) is 2. The number of fused-ring (bicyclic) bond motifs is 3. The molecule has 1 amide bonds. The predicted molar refractivity (Wildman–Crippen MR) is 131 cm³/mol. The molecule has 12 heteroatoms. The molecule has 3 heterocycles. The molecular formula is C24H25F3N2O5S2. The average Bonchev–Trinajstić information content (AvgIpc) is 3.44. The molecule has 0 bridgehead atoms. The van der Waals surface area contributed by atoms with Crippen molar-refractivity contribution in [2.45, 2.75) is 44.8 Å². The summed E-state index contributed by atoms with van der Waals surface area (Å²) < 4.78 is 74.1. The Hall–Kier alpha value is -2.99. The monoisotopic (exact) mass is 542 g/mol. The number of methoxy groups -OCH3 is 1. The summed E-state index contributed by atoms with van der Waals surface area (Å²) in [5, 5.41) is 1.88. The van der Waals surface area contributed by atoms with Crippen LogP contribution in [0.4, 0.5) is 13.2 Å². The van der Waals surface area contributed by atoms with Crippen molar-refractivity contribution in [2.24, 2.45) is 0 Å². The van der Waals surface area contributed by atoms with Crippen LogP contribution >= 0.6 is 11.3 Å². The zero-order chi connectivity index (χ0) is 26.6. The standard InChI is InChI=1S/C24H25F3N2O5S2/c1-23(2,3)28(4)22(30)17-12-16(20-7-6-10-35-20)21-15-13-19(34-36(31,32)24(25,26)27)18(33-5)11-14(15)8-9-29(17)21/h6-7,10-13H,8-9H2,1-5H3. The van der Waals surface area contributed by atoms with Gasteiger partial charge in [-0.15, -0.1) is 11.3 Å². The summed E-state index contributed by atoms with van der Waals surface area (Å²) in [6, 6.07) is 8.23. The van der Waals surface area contributed by atoms with Crippen LogP contribution in [0.5, 0.6) is 11.5 Å². The summed E-state index contributed by atoms with van der Waals surface area (Å²) in [7, 11) is -2.99. The Morgan fingerprint density at radius 3 is 2.36 bits per heavy atom. The summed E-state index contributed by atoms with van der Waals surface area (Å²) in [4.78, 5) is 16.0. The molecule has 194 valence electrons. The zero-order valence-corrected chi connectivity index (χ0v) is 21.9. The summed E-state index contributed by atoms with van der Waals surface area (Å²) in [5.74, 6) is -0.928. The largest absolute Gasteiger partial charge is 0.534 e. The lowest BCUT2D eigenvalue weighted by molar-refractivity contribution is -0.0500. The Morgan fingerprint density at radius 2 is 1.81 bits per heavy atom. The molecule has 0 aliphatic carbocycles. The number of rotatable bonds is 5. The van der Waals surface area contributed by atoms with Crippen molar-refractivity contribution in [3.8, 4) is 33.2 Å². The highest BCUT2D eigenvalue weighted by atomic mass is 32.2. The summed E-state index contributed by atoms with van der Waals surface area (Å²) >= 11 is 1.45. The molecule has 1 aliphatic heterocycles. The maximum Gasteiger partial charge on any atom is 0.534 e. The molecule has 1 aliphatic rings. The van der Waals surface area contributed by atoms with Crippen molar-refractivity contribution in [1.82, 2.24) is 9.47 Å². The zero-order valence-electron chi connectivity index (χ0n) is 20.3. The molecule has 7 nitrogen and oxygen atoms in total. The van der Waals surface area contributed by atoms with Gasteiger partial charge in [0.05, 0.1) is 12.8 Å². The second-order valence-corrected chi connectivity index (χ2v) is 11.8. The number of carbonyl (C=O) groups is 1. The van der Waals surface area contributed by atoms with Crippen molar-refractivity contribution >= 4 is 27.4 Å². The number of aromatic nitrogens is 1. The third kappa shape index (κ3) is 4.47. The van der Waals surface area contributed by atoms with E-state index < -0.39 is 26.9 Å². The molecular weight excluding hydrogens is 517 g/mol. The Balaban J connectivity index is 1.94. The van der Waals surface area contributed by atoms with E-state index in [4.69, 9.17) is 4.74 Å². The topological polar surface area (TPSA) is 77.8 Å². The maximum absolute atomic E-state index is 13.5. The number of thiophene rings is 1. The van der Waals surface area contributed by atoms with E-state index in [1.165, 1.54) is 30.6 Å². The molecule has 1 aromatic carbocycles. The van der Waals surface area contributed by atoms with Crippen molar-refractivity contribution in [3.63, 3.8) is 0 Å². The van der Waals surface area contributed by atoms with Crippen molar-refractivity contribution < 1.29 is 35.3 Å². The molecule has 0 spiro atoms. The van der Waals surface area contributed by atoms with Gasteiger partial charge in [0.25, 0.3) is 5.91 Å². The Kier molecular flexibility index (Phi) is 6.40. The summed E-state index contributed by atoms with van der Waals surface area (Å²) in [6.07, 6.45) is 0.447. The number of halogens is 3. The molecule has 0 atom stereocenters. The highest BCUT2D eigenvalue weighted by molar-refractivity contribution is 7.88. The minimum atomic E-state index is -5.92. The fourth-order valence-electron chi connectivity index (χ4n) is 4.00. The number of ether oxygens (including phenoxy) is 1. The fourth-order valence-corrected chi connectivity index (χ4v) is 5.20. The number of hydrogen-bond donors (Lipinski definition) is 0. The van der Waals surface area contributed by atoms with E-state index in [1.807, 2.05) is 42.9 Å². The van der Waals surface area contributed by atoms with Crippen LogP contribution in [0, 0.1) is 0 Å². The van der Waals surface area contributed by atoms with Gasteiger partial charge in [-0.1, -0.05) is 6.07 Å². The molecule has 0 saturated carbocycles. The fraction of sp³-hybridized carbons (Fsp3) is 0.375. The minimum absolute atomic E-state index is 0.136. The van der Waals surface area contributed by atoms with Crippen LogP contribution in [-0.2, 0) is 23.1 Å². The lowest BCUT2D eigenvalue weighted by Crippen LogP contribution is -2.43. The van der Waals surface area contributed by atoms with Gasteiger partial charge in [-0.05, 0) is 62.4 Å². The van der Waals surface area contributed by atoms with Gasteiger partial charge in [-0.25, -0.2) is 0 Å². The second-order valence-electron chi connectivity index (χ2n) is 9.35. The number of alkyl halides is 3. The van der Waals surface area contributed by atoms with Gasteiger partial charge >= 0.3 is 15.6 Å². The van der Waals surface area contributed by atoms with Crippen molar-refractivity contribution in [1.29, 1.82) is 0 Å². The molecule has 0 unspecified atom stereocenters. The van der Waals surface area contributed by atoms with Gasteiger partial charge in [-0.3, -0.25) is 4.79 Å². The van der Waals surface area contributed by atoms with E-state index in [9.17, 15) is 26.4 Å². The van der Waals surface area contributed by atoms with Gasteiger partial charge in [0.2, 0.25) is 0 Å². The van der Waals surface area contributed by atoms with Crippen LogP contribution in [0.15, 0.2) is 35.7 Å². The molecule has 0 fully saturated rings. The minimum Gasteiger partial charge on any atom is -0.493 e. The van der Waals surface area contributed by atoms with Gasteiger partial charge in [0, 0.05) is 35.1 Å². The number of benzene rings is 1. The van der Waals surface area contributed by atoms with E-state index in [2.05, 4.69) is 4.18 Å². The first-order valence-corrected chi connectivity index (χ1v) is 13.2. The molecule has 4 rings (SSSR count). The number of aryl methyl sites for hydroxylation is 1. The highest BCUT2D eigenvalue weighted by Gasteiger charge is 2.49. The third-order valence-corrected chi connectivity index (χ3v) is 8.01. The lowest BCUT2D eigenvalue weighted by atomic mass is 9.95. The van der Waals surface area contributed by atoms with E-state index in [-0.39, 0.29) is 11.7 Å². The Labute approximate surface area is 211 Å². The average molecular weight is 543 g/mol. The van der Waals surface area contributed by atoms with Gasteiger partial charge in [0.1, 0.15) is 5.69 Å². The number of carbonyl (C=O) groups excluding carboxylic acids is 1. The quantitative estimate of drug-likeness (QED) is 0.312. The normalized spacial score (nSPS) is 13.7. The van der Waals surface area contributed by atoms with Crippen LogP contribution in [0.3, 0.4) is 0 Å². The van der Waals surface area contributed by atoms with Gasteiger partial charge in [-0.2, -0.15) is 21.6 Å². The summed E-state index contributed by atoms with van der Waals surface area (Å²) in [6.45, 7) is 6.18. The summed E-state index contributed by atoms with van der Waals surface area (Å²) in [5.41, 5.74) is -3.11. The van der Waals surface area contributed by atoms with Crippen molar-refractivity contribution in [2.75, 3.05) is 14.2 Å². The SMILES string of the molecule is COc1cc2c(cc1OS(=O)(=O)C(F)(F)F)-c1c(-c3cccs3)cc(C(=O)N(C)C(C)(C)C)n1CC2. The Bertz CT molecular complexity index is 1420.